The second kappa shape index (κ2) is 4.51. The molecule has 0 aromatic heterocycles. The van der Waals surface area contributed by atoms with Crippen LogP contribution in [-0.2, 0) is 17.4 Å². The van der Waals surface area contributed by atoms with Crippen molar-refractivity contribution in [3.8, 4) is 0 Å². The third-order valence-corrected chi connectivity index (χ3v) is 2.67. The standard InChI is InChI=1S/C9H5Cl2F3O2/c10-6-2-1-5(9(12,13)14)4(8(6)11)3-7(15)16/h1-2H,3H2,(H,15,16). The van der Waals surface area contributed by atoms with Gasteiger partial charge in [-0.1, -0.05) is 23.2 Å². The number of rotatable bonds is 2. The molecule has 0 saturated carbocycles. The molecule has 0 unspecified atom stereocenters. The summed E-state index contributed by atoms with van der Waals surface area (Å²) in [4.78, 5) is 10.4. The van der Waals surface area contributed by atoms with Crippen LogP contribution in [-0.4, -0.2) is 11.1 Å². The van der Waals surface area contributed by atoms with Crippen LogP contribution in [0.1, 0.15) is 11.1 Å². The molecule has 0 heterocycles. The molecule has 0 atom stereocenters. The topological polar surface area (TPSA) is 37.3 Å². The summed E-state index contributed by atoms with van der Waals surface area (Å²) in [6, 6.07) is 1.70. The Kier molecular flexibility index (Phi) is 3.70. The van der Waals surface area contributed by atoms with E-state index in [0.29, 0.717) is 6.07 Å². The number of alkyl halides is 3. The van der Waals surface area contributed by atoms with Gasteiger partial charge in [-0.05, 0) is 17.7 Å². The fourth-order valence-corrected chi connectivity index (χ4v) is 1.59. The molecule has 0 aliphatic rings. The fourth-order valence-electron chi connectivity index (χ4n) is 1.18. The molecule has 0 bridgehead atoms. The van der Waals surface area contributed by atoms with Crippen LogP contribution in [0.5, 0.6) is 0 Å². The monoisotopic (exact) mass is 272 g/mol. The first-order chi connectivity index (χ1) is 7.23. The summed E-state index contributed by atoms with van der Waals surface area (Å²) < 4.78 is 37.5. The average Bonchev–Trinajstić information content (AvgIpc) is 2.10. The van der Waals surface area contributed by atoms with Gasteiger partial charge in [0.15, 0.2) is 0 Å². The van der Waals surface area contributed by atoms with Crippen molar-refractivity contribution in [2.24, 2.45) is 0 Å². The van der Waals surface area contributed by atoms with Gasteiger partial charge >= 0.3 is 12.1 Å². The Hall–Kier alpha value is -0.940. The molecule has 88 valence electrons. The molecular formula is C9H5Cl2F3O2. The van der Waals surface area contributed by atoms with Crippen molar-refractivity contribution in [2.75, 3.05) is 0 Å². The van der Waals surface area contributed by atoms with Gasteiger partial charge in [0.25, 0.3) is 0 Å². The average molecular weight is 273 g/mol. The lowest BCUT2D eigenvalue weighted by Gasteiger charge is -2.13. The summed E-state index contributed by atoms with van der Waals surface area (Å²) in [6.07, 6.45) is -5.48. The summed E-state index contributed by atoms with van der Waals surface area (Å²) in [7, 11) is 0. The maximum Gasteiger partial charge on any atom is 0.416 e. The van der Waals surface area contributed by atoms with Gasteiger partial charge in [0.2, 0.25) is 0 Å². The lowest BCUT2D eigenvalue weighted by Crippen LogP contribution is -2.13. The van der Waals surface area contributed by atoms with Crippen LogP contribution in [0.25, 0.3) is 0 Å². The van der Waals surface area contributed by atoms with Crippen molar-refractivity contribution < 1.29 is 23.1 Å². The van der Waals surface area contributed by atoms with E-state index in [1.54, 1.807) is 0 Å². The third-order valence-electron chi connectivity index (χ3n) is 1.83. The van der Waals surface area contributed by atoms with E-state index < -0.39 is 29.7 Å². The van der Waals surface area contributed by atoms with Crippen molar-refractivity contribution in [1.29, 1.82) is 0 Å². The van der Waals surface area contributed by atoms with Crippen molar-refractivity contribution in [2.45, 2.75) is 12.6 Å². The quantitative estimate of drug-likeness (QED) is 0.893. The molecule has 0 saturated heterocycles. The third kappa shape index (κ3) is 2.80. The van der Waals surface area contributed by atoms with Crippen LogP contribution in [0.2, 0.25) is 10.0 Å². The minimum absolute atomic E-state index is 0.106. The zero-order valence-electron chi connectivity index (χ0n) is 7.61. The molecule has 1 N–H and O–H groups in total. The summed E-state index contributed by atoms with van der Waals surface area (Å²) in [6.45, 7) is 0. The predicted octanol–water partition coefficient (Wildman–Crippen LogP) is 3.64. The maximum atomic E-state index is 12.5. The van der Waals surface area contributed by atoms with Gasteiger partial charge in [0, 0.05) is 0 Å². The molecule has 1 aromatic rings. The van der Waals surface area contributed by atoms with Gasteiger partial charge in [-0.15, -0.1) is 0 Å². The molecule has 0 fully saturated rings. The number of hydrogen-bond acceptors (Lipinski definition) is 1. The number of aliphatic carboxylic acids is 1. The first-order valence-corrected chi connectivity index (χ1v) is 4.75. The van der Waals surface area contributed by atoms with Crippen LogP contribution >= 0.6 is 23.2 Å². The lowest BCUT2D eigenvalue weighted by atomic mass is 10.0. The molecule has 16 heavy (non-hydrogen) atoms. The Morgan fingerprint density at radius 1 is 1.31 bits per heavy atom. The first-order valence-electron chi connectivity index (χ1n) is 3.99. The normalized spacial score (nSPS) is 11.6. The second-order valence-corrected chi connectivity index (χ2v) is 3.74. The van der Waals surface area contributed by atoms with Gasteiger partial charge in [-0.2, -0.15) is 13.2 Å². The number of carboxylic acid groups (broad SMARTS) is 1. The van der Waals surface area contributed by atoms with Crippen LogP contribution in [0.15, 0.2) is 12.1 Å². The highest BCUT2D eigenvalue weighted by Crippen LogP contribution is 2.38. The molecule has 0 radical (unpaired) electrons. The van der Waals surface area contributed by atoms with E-state index in [2.05, 4.69) is 0 Å². The zero-order chi connectivity index (χ0) is 12.5. The van der Waals surface area contributed by atoms with E-state index in [1.807, 2.05) is 0 Å². The van der Waals surface area contributed by atoms with Crippen molar-refractivity contribution >= 4 is 29.2 Å². The Labute approximate surface area is 98.6 Å². The summed E-state index contributed by atoms with van der Waals surface area (Å²) in [5.74, 6) is -1.41. The number of carboxylic acids is 1. The number of carbonyl (C=O) groups is 1. The Bertz CT molecular complexity index is 429. The smallest absolute Gasteiger partial charge is 0.416 e. The molecule has 0 amide bonds. The SMILES string of the molecule is O=C(O)Cc1c(C(F)(F)F)ccc(Cl)c1Cl. The summed E-state index contributed by atoms with van der Waals surface area (Å²) in [5.41, 5.74) is -1.60. The molecule has 1 rings (SSSR count). The summed E-state index contributed by atoms with van der Waals surface area (Å²) in [5, 5.41) is 8.02. The zero-order valence-corrected chi connectivity index (χ0v) is 9.12. The Balaban J connectivity index is 3.39. The van der Waals surface area contributed by atoms with E-state index in [9.17, 15) is 18.0 Å². The molecule has 0 spiro atoms. The predicted molar refractivity (Wildman–Crippen MR) is 52.8 cm³/mol. The molecule has 0 aliphatic heterocycles. The first kappa shape index (κ1) is 13.1. The lowest BCUT2D eigenvalue weighted by molar-refractivity contribution is -0.139. The van der Waals surface area contributed by atoms with Crippen LogP contribution in [0.4, 0.5) is 13.2 Å². The van der Waals surface area contributed by atoms with Gasteiger partial charge in [-0.25, -0.2) is 0 Å². The van der Waals surface area contributed by atoms with E-state index in [0.717, 1.165) is 6.07 Å². The number of benzene rings is 1. The second-order valence-electron chi connectivity index (χ2n) is 2.96. The van der Waals surface area contributed by atoms with Crippen molar-refractivity contribution in [3.63, 3.8) is 0 Å². The minimum atomic E-state index is -4.65. The molecule has 0 aliphatic carbocycles. The molecule has 2 nitrogen and oxygen atoms in total. The van der Waals surface area contributed by atoms with Crippen LogP contribution < -0.4 is 0 Å². The van der Waals surface area contributed by atoms with Gasteiger partial charge in [0.05, 0.1) is 22.0 Å². The number of hydrogen-bond donors (Lipinski definition) is 1. The van der Waals surface area contributed by atoms with E-state index in [1.165, 1.54) is 0 Å². The maximum absolute atomic E-state index is 12.5. The molecule has 7 heteroatoms. The summed E-state index contributed by atoms with van der Waals surface area (Å²) >= 11 is 11.1. The molecule has 1 aromatic carbocycles. The Morgan fingerprint density at radius 2 is 1.88 bits per heavy atom. The van der Waals surface area contributed by atoms with Crippen LogP contribution in [0, 0.1) is 0 Å². The molecular weight excluding hydrogens is 268 g/mol. The van der Waals surface area contributed by atoms with E-state index in [-0.39, 0.29) is 10.0 Å². The highest BCUT2D eigenvalue weighted by Gasteiger charge is 2.35. The van der Waals surface area contributed by atoms with Gasteiger partial charge < -0.3 is 5.11 Å². The highest BCUT2D eigenvalue weighted by atomic mass is 35.5. The Morgan fingerprint density at radius 3 is 2.31 bits per heavy atom. The van der Waals surface area contributed by atoms with E-state index >= 15 is 0 Å². The largest absolute Gasteiger partial charge is 0.481 e. The minimum Gasteiger partial charge on any atom is -0.481 e. The van der Waals surface area contributed by atoms with Crippen molar-refractivity contribution in [1.82, 2.24) is 0 Å². The van der Waals surface area contributed by atoms with Crippen LogP contribution in [0.3, 0.4) is 0 Å². The van der Waals surface area contributed by atoms with Crippen molar-refractivity contribution in [3.05, 3.63) is 33.3 Å². The fraction of sp³-hybridized carbons (Fsp3) is 0.222. The number of halogens is 5. The van der Waals surface area contributed by atoms with Gasteiger partial charge in [-0.3, -0.25) is 4.79 Å². The van der Waals surface area contributed by atoms with Gasteiger partial charge in [0.1, 0.15) is 0 Å². The van der Waals surface area contributed by atoms with E-state index in [4.69, 9.17) is 28.3 Å². The highest BCUT2D eigenvalue weighted by molar-refractivity contribution is 6.42.